The lowest BCUT2D eigenvalue weighted by Crippen LogP contribution is -2.18. The van der Waals surface area contributed by atoms with Crippen molar-refractivity contribution in [1.82, 2.24) is 4.83 Å². The van der Waals surface area contributed by atoms with E-state index >= 15 is 0 Å². The van der Waals surface area contributed by atoms with Crippen LogP contribution < -0.4 is 14.3 Å². The number of furan rings is 2. The van der Waals surface area contributed by atoms with Gasteiger partial charge in [-0.25, -0.2) is 14.4 Å². The largest absolute Gasteiger partial charge is 0.457 e. The first-order chi connectivity index (χ1) is 16.8. The molecule has 0 spiro atoms. The van der Waals surface area contributed by atoms with Gasteiger partial charge in [0.25, 0.3) is 10.0 Å². The maximum Gasteiger partial charge on any atom is 0.379 e. The first-order valence-electron chi connectivity index (χ1n) is 9.78. The molecule has 0 fully saturated rings. The van der Waals surface area contributed by atoms with Gasteiger partial charge >= 0.3 is 11.9 Å². The number of nitrogens with zero attached hydrogens (tertiary/aromatic N) is 1. The molecule has 0 aliphatic rings. The summed E-state index contributed by atoms with van der Waals surface area (Å²) in [5.41, 5.74) is 0.196. The molecule has 0 radical (unpaired) electrons. The quantitative estimate of drug-likeness (QED) is 0.159. The number of hydrazone groups is 1. The number of sulfonamides is 1. The highest BCUT2D eigenvalue weighted by atomic mass is 35.5. The Morgan fingerprint density at radius 3 is 2.11 bits per heavy atom. The van der Waals surface area contributed by atoms with E-state index in [9.17, 15) is 18.0 Å². The lowest BCUT2D eigenvalue weighted by Gasteiger charge is -2.09. The van der Waals surface area contributed by atoms with E-state index in [1.807, 2.05) is 0 Å². The van der Waals surface area contributed by atoms with Crippen LogP contribution in [0.3, 0.4) is 0 Å². The Kier molecular flexibility index (Phi) is 6.99. The summed E-state index contributed by atoms with van der Waals surface area (Å²) in [7, 11) is -3.98. The minimum Gasteiger partial charge on any atom is -0.457 e. The number of rotatable bonds is 8. The number of carbonyl (C=O) groups is 2. The van der Waals surface area contributed by atoms with E-state index in [4.69, 9.17) is 29.9 Å². The summed E-state index contributed by atoms with van der Waals surface area (Å²) in [6.45, 7) is 0. The molecule has 0 bridgehead atoms. The maximum atomic E-state index is 12.4. The van der Waals surface area contributed by atoms with Crippen LogP contribution in [-0.2, 0) is 10.0 Å². The van der Waals surface area contributed by atoms with E-state index in [2.05, 4.69) is 9.93 Å². The fraction of sp³-hybridized carbons (Fsp3) is 0. The number of ether oxygens (including phenoxy) is 2. The van der Waals surface area contributed by atoms with Gasteiger partial charge in [0.2, 0.25) is 11.5 Å². The van der Waals surface area contributed by atoms with Gasteiger partial charge in [0, 0.05) is 16.7 Å². The zero-order valence-corrected chi connectivity index (χ0v) is 19.2. The molecule has 0 atom stereocenters. The molecular weight excluding hydrogens is 500 g/mol. The molecule has 0 unspecified atom stereocenters. The van der Waals surface area contributed by atoms with Gasteiger partial charge in [0.05, 0.1) is 23.6 Å². The van der Waals surface area contributed by atoms with Crippen molar-refractivity contribution in [3.63, 3.8) is 0 Å². The number of nitrogens with one attached hydrogen (secondary N) is 1. The first kappa shape index (κ1) is 23.8. The fourth-order valence-electron chi connectivity index (χ4n) is 2.70. The highest BCUT2D eigenvalue weighted by molar-refractivity contribution is 7.89. The van der Waals surface area contributed by atoms with Crippen molar-refractivity contribution >= 4 is 39.8 Å². The van der Waals surface area contributed by atoms with Gasteiger partial charge in [-0.3, -0.25) is 0 Å². The number of carbonyl (C=O) groups excluding carboxylic acids is 2. The molecule has 4 aromatic rings. The van der Waals surface area contributed by atoms with Crippen LogP contribution in [-0.4, -0.2) is 26.6 Å². The zero-order valence-electron chi connectivity index (χ0n) is 17.6. The van der Waals surface area contributed by atoms with Crippen LogP contribution in [0.4, 0.5) is 0 Å². The third-order valence-electron chi connectivity index (χ3n) is 4.34. The van der Waals surface area contributed by atoms with Crippen LogP contribution in [0.5, 0.6) is 11.5 Å². The maximum absolute atomic E-state index is 12.4. The van der Waals surface area contributed by atoms with Crippen LogP contribution in [0, 0.1) is 0 Å². The summed E-state index contributed by atoms with van der Waals surface area (Å²) in [4.78, 5) is 26.6. The van der Waals surface area contributed by atoms with Crippen LogP contribution in [0.15, 0.2) is 98.1 Å². The molecule has 1 N–H and O–H groups in total. The molecule has 2 aromatic carbocycles. The molecule has 0 aliphatic heterocycles. The Bertz CT molecular complexity index is 1460. The summed E-state index contributed by atoms with van der Waals surface area (Å²) in [5.74, 6) is -1.75. The Hall–Kier alpha value is -4.35. The molecule has 0 amide bonds. The lowest BCUT2D eigenvalue weighted by atomic mass is 10.2. The van der Waals surface area contributed by atoms with Gasteiger partial charge < -0.3 is 18.3 Å². The molecular formula is C23H15ClN2O8S. The number of hydrogen-bond acceptors (Lipinski definition) is 9. The molecule has 0 aliphatic carbocycles. The van der Waals surface area contributed by atoms with Crippen LogP contribution in [0.1, 0.15) is 26.7 Å². The Labute approximate surface area is 203 Å². The van der Waals surface area contributed by atoms with Crippen molar-refractivity contribution in [2.75, 3.05) is 0 Å². The zero-order chi connectivity index (χ0) is 24.8. The van der Waals surface area contributed by atoms with E-state index in [0.717, 1.165) is 6.21 Å². The second-order valence-electron chi connectivity index (χ2n) is 6.74. The van der Waals surface area contributed by atoms with Crippen molar-refractivity contribution in [3.8, 4) is 11.5 Å². The molecule has 4 rings (SSSR count). The second kappa shape index (κ2) is 10.3. The van der Waals surface area contributed by atoms with E-state index in [0.29, 0.717) is 5.02 Å². The Balaban J connectivity index is 1.57. The van der Waals surface area contributed by atoms with Crippen LogP contribution >= 0.6 is 11.6 Å². The normalized spacial score (nSPS) is 11.3. The highest BCUT2D eigenvalue weighted by Gasteiger charge is 2.18. The summed E-state index contributed by atoms with van der Waals surface area (Å²) in [5, 5.41) is 4.12. The van der Waals surface area contributed by atoms with Crippen molar-refractivity contribution in [3.05, 3.63) is 101 Å². The van der Waals surface area contributed by atoms with Crippen molar-refractivity contribution in [2.45, 2.75) is 4.90 Å². The average molecular weight is 515 g/mol. The van der Waals surface area contributed by atoms with Crippen molar-refractivity contribution in [1.29, 1.82) is 0 Å². The van der Waals surface area contributed by atoms with Crippen molar-refractivity contribution in [2.24, 2.45) is 5.10 Å². The predicted octanol–water partition coefficient (Wildman–Crippen LogP) is 4.28. The summed E-state index contributed by atoms with van der Waals surface area (Å²) in [6, 6.07) is 15.4. The van der Waals surface area contributed by atoms with Gasteiger partial charge in [-0.1, -0.05) is 11.6 Å². The highest BCUT2D eigenvalue weighted by Crippen LogP contribution is 2.26. The Morgan fingerprint density at radius 2 is 1.51 bits per heavy atom. The SMILES string of the molecule is O=C(Oc1ccc(/C=N/NS(=O)(=O)c2ccc(Cl)cc2)c(OC(=O)c2ccco2)c1)c1ccco1. The smallest absolute Gasteiger partial charge is 0.379 e. The van der Waals surface area contributed by atoms with Gasteiger partial charge in [-0.05, 0) is 60.7 Å². The van der Waals surface area contributed by atoms with Crippen molar-refractivity contribution < 1.29 is 36.3 Å². The Morgan fingerprint density at radius 1 is 0.886 bits per heavy atom. The first-order valence-corrected chi connectivity index (χ1v) is 11.6. The van der Waals surface area contributed by atoms with Crippen LogP contribution in [0.25, 0.3) is 0 Å². The average Bonchev–Trinajstić information content (AvgIpc) is 3.55. The van der Waals surface area contributed by atoms with E-state index < -0.39 is 22.0 Å². The molecule has 178 valence electrons. The summed E-state index contributed by atoms with van der Waals surface area (Å²) in [6.07, 6.45) is 3.74. The minimum absolute atomic E-state index is 0.0265. The molecule has 2 heterocycles. The molecule has 2 aromatic heterocycles. The number of hydrogen-bond donors (Lipinski definition) is 1. The van der Waals surface area contributed by atoms with Gasteiger partial charge in [-0.15, -0.1) is 0 Å². The predicted molar refractivity (Wildman–Crippen MR) is 123 cm³/mol. The third-order valence-corrected chi connectivity index (χ3v) is 5.83. The second-order valence-corrected chi connectivity index (χ2v) is 8.84. The van der Waals surface area contributed by atoms with Gasteiger partial charge in [0.1, 0.15) is 11.5 Å². The van der Waals surface area contributed by atoms with Gasteiger partial charge in [0.15, 0.2) is 0 Å². The topological polar surface area (TPSA) is 137 Å². The van der Waals surface area contributed by atoms with E-state index in [-0.39, 0.29) is 33.5 Å². The van der Waals surface area contributed by atoms with Crippen LogP contribution in [0.2, 0.25) is 5.02 Å². The van der Waals surface area contributed by atoms with Gasteiger partial charge in [-0.2, -0.15) is 13.5 Å². The molecule has 35 heavy (non-hydrogen) atoms. The number of benzene rings is 2. The molecule has 12 heteroatoms. The molecule has 0 saturated carbocycles. The standard InChI is InChI=1S/C23H15ClN2O8S/c24-16-6-9-18(10-7-16)35(29,30)26-25-14-15-5-8-17(33-22(27)19-3-1-11-31-19)13-21(15)34-23(28)20-4-2-12-32-20/h1-14,26H/b25-14+. The monoisotopic (exact) mass is 514 g/mol. The molecule has 0 saturated heterocycles. The summed E-state index contributed by atoms with van der Waals surface area (Å²) < 4.78 is 45.4. The minimum atomic E-state index is -3.98. The van der Waals surface area contributed by atoms with E-state index in [1.54, 1.807) is 0 Å². The molecule has 10 nitrogen and oxygen atoms in total. The number of halogens is 1. The fourth-order valence-corrected chi connectivity index (χ4v) is 3.62. The third kappa shape index (κ3) is 5.96. The van der Waals surface area contributed by atoms with E-state index in [1.165, 1.54) is 79.3 Å². The lowest BCUT2D eigenvalue weighted by molar-refractivity contribution is 0.0698. The number of esters is 2. The summed E-state index contributed by atoms with van der Waals surface area (Å²) >= 11 is 5.79.